The summed E-state index contributed by atoms with van der Waals surface area (Å²) in [6.07, 6.45) is 1.52. The van der Waals surface area contributed by atoms with E-state index in [0.717, 1.165) is 0 Å². The van der Waals surface area contributed by atoms with Crippen molar-refractivity contribution in [2.75, 3.05) is 21.3 Å². The second-order valence-corrected chi connectivity index (χ2v) is 3.76. The summed E-state index contributed by atoms with van der Waals surface area (Å²) in [6, 6.07) is 3.48. The highest BCUT2D eigenvalue weighted by molar-refractivity contribution is 5.68. The minimum absolute atomic E-state index is 0.319. The lowest BCUT2D eigenvalue weighted by Crippen LogP contribution is -1.97. The molecule has 0 unspecified atom stereocenters. The minimum Gasteiger partial charge on any atom is -0.496 e. The van der Waals surface area contributed by atoms with Crippen LogP contribution in [-0.4, -0.2) is 26.3 Å². The Labute approximate surface area is 111 Å². The predicted octanol–water partition coefficient (Wildman–Crippen LogP) is 1.83. The predicted molar refractivity (Wildman–Crippen MR) is 69.5 cm³/mol. The van der Waals surface area contributed by atoms with Crippen LogP contribution in [-0.2, 0) is 6.54 Å². The summed E-state index contributed by atoms with van der Waals surface area (Å²) < 4.78 is 21.2. The summed E-state index contributed by atoms with van der Waals surface area (Å²) in [6.45, 7) is 0.319. The van der Waals surface area contributed by atoms with Gasteiger partial charge in [0.2, 0.25) is 5.89 Å². The average molecular weight is 264 g/mol. The van der Waals surface area contributed by atoms with Crippen molar-refractivity contribution in [3.05, 3.63) is 24.1 Å². The van der Waals surface area contributed by atoms with E-state index in [4.69, 9.17) is 24.4 Å². The first-order valence-corrected chi connectivity index (χ1v) is 5.68. The molecule has 0 saturated heterocycles. The molecule has 0 aliphatic carbocycles. The number of rotatable bonds is 5. The lowest BCUT2D eigenvalue weighted by atomic mass is 10.1. The van der Waals surface area contributed by atoms with E-state index in [1.807, 2.05) is 0 Å². The molecule has 2 aromatic rings. The van der Waals surface area contributed by atoms with Crippen LogP contribution in [0.3, 0.4) is 0 Å². The molecule has 0 bridgehead atoms. The minimum atomic E-state index is 0.319. The maximum Gasteiger partial charge on any atom is 0.230 e. The van der Waals surface area contributed by atoms with Crippen LogP contribution < -0.4 is 19.9 Å². The van der Waals surface area contributed by atoms with Crippen molar-refractivity contribution in [1.29, 1.82) is 0 Å². The van der Waals surface area contributed by atoms with E-state index in [-0.39, 0.29) is 0 Å². The SMILES string of the molecule is COc1cc(OC)c(-c2nc(CN)co2)cc1OC. The van der Waals surface area contributed by atoms with E-state index in [9.17, 15) is 0 Å². The number of ether oxygens (including phenoxy) is 3. The molecule has 0 atom stereocenters. The molecule has 0 radical (unpaired) electrons. The summed E-state index contributed by atoms with van der Waals surface area (Å²) in [4.78, 5) is 4.27. The quantitative estimate of drug-likeness (QED) is 0.887. The van der Waals surface area contributed by atoms with Crippen molar-refractivity contribution in [2.24, 2.45) is 5.73 Å². The van der Waals surface area contributed by atoms with Crippen molar-refractivity contribution >= 4 is 0 Å². The molecule has 0 fully saturated rings. The second-order valence-electron chi connectivity index (χ2n) is 3.76. The third-order valence-electron chi connectivity index (χ3n) is 2.70. The zero-order chi connectivity index (χ0) is 13.8. The van der Waals surface area contributed by atoms with E-state index in [1.165, 1.54) is 6.26 Å². The molecule has 102 valence electrons. The molecule has 1 heterocycles. The van der Waals surface area contributed by atoms with Gasteiger partial charge in [-0.1, -0.05) is 0 Å². The highest BCUT2D eigenvalue weighted by Gasteiger charge is 2.17. The van der Waals surface area contributed by atoms with Crippen molar-refractivity contribution in [1.82, 2.24) is 4.98 Å². The Kier molecular flexibility index (Phi) is 3.91. The Bertz CT molecular complexity index is 566. The largest absolute Gasteiger partial charge is 0.496 e. The fraction of sp³-hybridized carbons (Fsp3) is 0.308. The van der Waals surface area contributed by atoms with Gasteiger partial charge in [0.25, 0.3) is 0 Å². The molecule has 19 heavy (non-hydrogen) atoms. The van der Waals surface area contributed by atoms with Crippen LogP contribution in [0.4, 0.5) is 0 Å². The molecule has 2 N–H and O–H groups in total. The first kappa shape index (κ1) is 13.2. The monoisotopic (exact) mass is 264 g/mol. The van der Waals surface area contributed by atoms with E-state index >= 15 is 0 Å². The van der Waals surface area contributed by atoms with Gasteiger partial charge < -0.3 is 24.4 Å². The number of hydrogen-bond acceptors (Lipinski definition) is 6. The molecule has 1 aromatic carbocycles. The topological polar surface area (TPSA) is 79.7 Å². The van der Waals surface area contributed by atoms with E-state index in [2.05, 4.69) is 4.98 Å². The van der Waals surface area contributed by atoms with Crippen LogP contribution in [0.15, 0.2) is 22.8 Å². The van der Waals surface area contributed by atoms with Crippen LogP contribution in [0.1, 0.15) is 5.69 Å². The molecule has 2 rings (SSSR count). The summed E-state index contributed by atoms with van der Waals surface area (Å²) in [5, 5.41) is 0. The molecule has 6 heteroatoms. The molecule has 0 spiro atoms. The Morgan fingerprint density at radius 2 is 1.68 bits per heavy atom. The van der Waals surface area contributed by atoms with Gasteiger partial charge in [0, 0.05) is 18.7 Å². The van der Waals surface area contributed by atoms with Crippen LogP contribution in [0, 0.1) is 0 Å². The number of oxazole rings is 1. The normalized spacial score (nSPS) is 10.3. The van der Waals surface area contributed by atoms with Gasteiger partial charge in [0.1, 0.15) is 12.0 Å². The molecular weight excluding hydrogens is 248 g/mol. The zero-order valence-electron chi connectivity index (χ0n) is 11.1. The van der Waals surface area contributed by atoms with Crippen molar-refractivity contribution in [3.8, 4) is 28.7 Å². The molecule has 0 saturated carbocycles. The fourth-order valence-corrected chi connectivity index (χ4v) is 1.72. The van der Waals surface area contributed by atoms with Gasteiger partial charge >= 0.3 is 0 Å². The summed E-state index contributed by atoms with van der Waals surface area (Å²) in [5.74, 6) is 2.17. The molecule has 0 aliphatic heterocycles. The third kappa shape index (κ3) is 2.48. The number of aromatic nitrogens is 1. The van der Waals surface area contributed by atoms with Gasteiger partial charge in [-0.05, 0) is 0 Å². The Morgan fingerprint density at radius 1 is 1.05 bits per heavy atom. The lowest BCUT2D eigenvalue weighted by molar-refractivity contribution is 0.349. The average Bonchev–Trinajstić information content (AvgIpc) is 2.94. The zero-order valence-corrected chi connectivity index (χ0v) is 11.1. The van der Waals surface area contributed by atoms with E-state index < -0.39 is 0 Å². The van der Waals surface area contributed by atoms with Gasteiger partial charge in [0.15, 0.2) is 11.5 Å². The van der Waals surface area contributed by atoms with Crippen molar-refractivity contribution in [3.63, 3.8) is 0 Å². The Hall–Kier alpha value is -2.21. The molecular formula is C13H16N2O4. The number of benzene rings is 1. The second kappa shape index (κ2) is 5.62. The molecule has 6 nitrogen and oxygen atoms in total. The smallest absolute Gasteiger partial charge is 0.230 e. The summed E-state index contributed by atoms with van der Waals surface area (Å²) in [7, 11) is 4.70. The Morgan fingerprint density at radius 3 is 2.21 bits per heavy atom. The van der Waals surface area contributed by atoms with E-state index in [1.54, 1.807) is 33.5 Å². The molecule has 0 aliphatic rings. The van der Waals surface area contributed by atoms with Crippen LogP contribution >= 0.6 is 0 Å². The standard InChI is InChI=1S/C13H16N2O4/c1-16-10-5-12(18-3)11(17-2)4-9(10)13-15-8(6-14)7-19-13/h4-5,7H,6,14H2,1-3H3. The van der Waals surface area contributed by atoms with Crippen molar-refractivity contribution < 1.29 is 18.6 Å². The summed E-state index contributed by atoms with van der Waals surface area (Å²) in [5.41, 5.74) is 6.87. The Balaban J connectivity index is 2.54. The van der Waals surface area contributed by atoms with Gasteiger partial charge in [-0.15, -0.1) is 0 Å². The van der Waals surface area contributed by atoms with Gasteiger partial charge in [-0.3, -0.25) is 0 Å². The number of hydrogen-bond donors (Lipinski definition) is 1. The van der Waals surface area contributed by atoms with Crippen LogP contribution in [0.25, 0.3) is 11.5 Å². The first-order valence-electron chi connectivity index (χ1n) is 5.68. The third-order valence-corrected chi connectivity index (χ3v) is 2.70. The number of nitrogens with zero attached hydrogens (tertiary/aromatic N) is 1. The lowest BCUT2D eigenvalue weighted by Gasteiger charge is -2.12. The number of methoxy groups -OCH3 is 3. The first-order chi connectivity index (χ1) is 9.23. The highest BCUT2D eigenvalue weighted by atomic mass is 16.5. The maximum atomic E-state index is 5.52. The van der Waals surface area contributed by atoms with E-state index in [0.29, 0.717) is 40.9 Å². The fourth-order valence-electron chi connectivity index (χ4n) is 1.72. The number of nitrogens with two attached hydrogens (primary N) is 1. The van der Waals surface area contributed by atoms with Crippen LogP contribution in [0.2, 0.25) is 0 Å². The highest BCUT2D eigenvalue weighted by Crippen LogP contribution is 2.39. The molecule has 0 amide bonds. The van der Waals surface area contributed by atoms with Gasteiger partial charge in [-0.25, -0.2) is 4.98 Å². The van der Waals surface area contributed by atoms with Gasteiger partial charge in [-0.2, -0.15) is 0 Å². The summed E-state index contributed by atoms with van der Waals surface area (Å²) >= 11 is 0. The van der Waals surface area contributed by atoms with Crippen molar-refractivity contribution in [2.45, 2.75) is 6.54 Å². The van der Waals surface area contributed by atoms with Crippen LogP contribution in [0.5, 0.6) is 17.2 Å². The maximum absolute atomic E-state index is 5.52. The molecule has 1 aromatic heterocycles. The van der Waals surface area contributed by atoms with Gasteiger partial charge in [0.05, 0.1) is 32.6 Å².